The zero-order valence-corrected chi connectivity index (χ0v) is 9.13. The molecule has 1 aliphatic heterocycles. The molecule has 82 valence electrons. The van der Waals surface area contributed by atoms with E-state index in [1.807, 2.05) is 60.7 Å². The van der Waals surface area contributed by atoms with Crippen LogP contribution in [0.4, 0.5) is 0 Å². The number of carbonyl (C=O) groups excluding carboxylic acids is 1. The molecular formula is C13H14N2O. The standard InChI is InChI=1S/C13H14N2O/c1-14-15-9-5-8-12(10-16)13(15)11-6-3-2-4-7-11/h2-10,13-14H,1H3. The maximum atomic E-state index is 11.0. The van der Waals surface area contributed by atoms with Gasteiger partial charge in [0.05, 0.1) is 6.04 Å². The molecule has 2 rings (SSSR count). The van der Waals surface area contributed by atoms with Crippen LogP contribution in [0.5, 0.6) is 0 Å². The van der Waals surface area contributed by atoms with Crippen molar-refractivity contribution in [1.29, 1.82) is 0 Å². The maximum Gasteiger partial charge on any atom is 0.148 e. The maximum absolute atomic E-state index is 11.0. The minimum Gasteiger partial charge on any atom is -0.304 e. The van der Waals surface area contributed by atoms with Crippen LogP contribution in [0.3, 0.4) is 0 Å². The number of benzene rings is 1. The molecule has 0 saturated heterocycles. The lowest BCUT2D eigenvalue weighted by Gasteiger charge is -2.32. The highest BCUT2D eigenvalue weighted by Crippen LogP contribution is 2.28. The number of nitrogens with one attached hydrogen (secondary N) is 1. The van der Waals surface area contributed by atoms with Crippen molar-refractivity contribution in [3.63, 3.8) is 0 Å². The van der Waals surface area contributed by atoms with E-state index >= 15 is 0 Å². The van der Waals surface area contributed by atoms with Gasteiger partial charge in [0, 0.05) is 18.8 Å². The van der Waals surface area contributed by atoms with Crippen LogP contribution >= 0.6 is 0 Å². The van der Waals surface area contributed by atoms with Crippen molar-refractivity contribution in [2.24, 2.45) is 0 Å². The van der Waals surface area contributed by atoms with Gasteiger partial charge in [-0.2, -0.15) is 0 Å². The number of carbonyl (C=O) groups is 1. The topological polar surface area (TPSA) is 32.3 Å². The fourth-order valence-electron chi connectivity index (χ4n) is 1.88. The monoisotopic (exact) mass is 214 g/mol. The molecule has 1 aromatic rings. The van der Waals surface area contributed by atoms with Crippen molar-refractivity contribution in [2.45, 2.75) is 6.04 Å². The number of allylic oxidation sites excluding steroid dienone is 2. The minimum absolute atomic E-state index is 0.0475. The van der Waals surface area contributed by atoms with Gasteiger partial charge in [0.25, 0.3) is 0 Å². The summed E-state index contributed by atoms with van der Waals surface area (Å²) in [7, 11) is 1.84. The van der Waals surface area contributed by atoms with Crippen molar-refractivity contribution in [1.82, 2.24) is 10.4 Å². The van der Waals surface area contributed by atoms with E-state index in [1.165, 1.54) is 0 Å². The van der Waals surface area contributed by atoms with Crippen LogP contribution in [0.15, 0.2) is 54.3 Å². The van der Waals surface area contributed by atoms with Crippen molar-refractivity contribution < 1.29 is 4.79 Å². The number of hydrazine groups is 1. The molecular weight excluding hydrogens is 200 g/mol. The average molecular weight is 214 g/mol. The Morgan fingerprint density at radius 2 is 2.06 bits per heavy atom. The summed E-state index contributed by atoms with van der Waals surface area (Å²) >= 11 is 0. The summed E-state index contributed by atoms with van der Waals surface area (Å²) in [4.78, 5) is 11.0. The van der Waals surface area contributed by atoms with Gasteiger partial charge in [0.2, 0.25) is 0 Å². The third-order valence-corrected chi connectivity index (χ3v) is 2.64. The zero-order chi connectivity index (χ0) is 11.4. The van der Waals surface area contributed by atoms with Crippen LogP contribution in [0.25, 0.3) is 0 Å². The summed E-state index contributed by atoms with van der Waals surface area (Å²) < 4.78 is 0. The van der Waals surface area contributed by atoms with Crippen LogP contribution in [-0.4, -0.2) is 18.3 Å². The van der Waals surface area contributed by atoms with Gasteiger partial charge >= 0.3 is 0 Å². The van der Waals surface area contributed by atoms with Crippen LogP contribution < -0.4 is 5.43 Å². The predicted octanol–water partition coefficient (Wildman–Crippen LogP) is 1.82. The molecule has 3 heteroatoms. The molecule has 0 amide bonds. The first-order valence-electron chi connectivity index (χ1n) is 5.21. The van der Waals surface area contributed by atoms with Crippen molar-refractivity contribution in [2.75, 3.05) is 7.05 Å². The van der Waals surface area contributed by atoms with Crippen molar-refractivity contribution in [3.8, 4) is 0 Å². The lowest BCUT2D eigenvalue weighted by atomic mass is 9.97. The summed E-state index contributed by atoms with van der Waals surface area (Å²) in [5, 5.41) is 1.92. The average Bonchev–Trinajstić information content (AvgIpc) is 2.38. The molecule has 1 aliphatic rings. The molecule has 1 heterocycles. The van der Waals surface area contributed by atoms with Crippen molar-refractivity contribution in [3.05, 3.63) is 59.8 Å². The zero-order valence-electron chi connectivity index (χ0n) is 9.13. The lowest BCUT2D eigenvalue weighted by Crippen LogP contribution is -2.36. The summed E-state index contributed by atoms with van der Waals surface area (Å²) in [6.45, 7) is 0. The molecule has 0 aliphatic carbocycles. The second-order valence-electron chi connectivity index (χ2n) is 3.57. The first-order chi connectivity index (χ1) is 7.86. The van der Waals surface area contributed by atoms with Gasteiger partial charge in [-0.05, 0) is 11.6 Å². The second-order valence-corrected chi connectivity index (χ2v) is 3.57. The largest absolute Gasteiger partial charge is 0.304 e. The van der Waals surface area contributed by atoms with Gasteiger partial charge < -0.3 is 5.01 Å². The number of hydrogen-bond donors (Lipinski definition) is 1. The molecule has 1 atom stereocenters. The van der Waals surface area contributed by atoms with E-state index in [-0.39, 0.29) is 6.04 Å². The molecule has 16 heavy (non-hydrogen) atoms. The molecule has 1 unspecified atom stereocenters. The Morgan fingerprint density at radius 1 is 1.31 bits per heavy atom. The Labute approximate surface area is 95.0 Å². The molecule has 3 nitrogen and oxygen atoms in total. The van der Waals surface area contributed by atoms with E-state index in [0.717, 1.165) is 17.4 Å². The number of hydrogen-bond acceptors (Lipinski definition) is 3. The first kappa shape index (κ1) is 10.6. The van der Waals surface area contributed by atoms with E-state index in [2.05, 4.69) is 5.43 Å². The molecule has 0 spiro atoms. The molecule has 0 bridgehead atoms. The van der Waals surface area contributed by atoms with E-state index in [1.54, 1.807) is 0 Å². The fourth-order valence-corrected chi connectivity index (χ4v) is 1.88. The van der Waals surface area contributed by atoms with E-state index in [0.29, 0.717) is 0 Å². The number of rotatable bonds is 3. The highest BCUT2D eigenvalue weighted by atomic mass is 16.1. The van der Waals surface area contributed by atoms with Gasteiger partial charge in [0.1, 0.15) is 6.29 Å². The van der Waals surface area contributed by atoms with E-state index in [4.69, 9.17) is 0 Å². The van der Waals surface area contributed by atoms with Crippen molar-refractivity contribution >= 4 is 6.29 Å². The highest BCUT2D eigenvalue weighted by Gasteiger charge is 2.22. The Kier molecular flexibility index (Phi) is 3.17. The Hall–Kier alpha value is -1.87. The first-order valence-corrected chi connectivity index (χ1v) is 5.21. The summed E-state index contributed by atoms with van der Waals surface area (Å²) in [5.41, 5.74) is 4.91. The summed E-state index contributed by atoms with van der Waals surface area (Å²) in [5.74, 6) is 0. The normalized spacial score (nSPS) is 19.4. The van der Waals surface area contributed by atoms with E-state index < -0.39 is 0 Å². The van der Waals surface area contributed by atoms with E-state index in [9.17, 15) is 4.79 Å². The van der Waals surface area contributed by atoms with Crippen LogP contribution in [0.2, 0.25) is 0 Å². The predicted molar refractivity (Wildman–Crippen MR) is 63.4 cm³/mol. The minimum atomic E-state index is -0.0475. The second kappa shape index (κ2) is 4.77. The lowest BCUT2D eigenvalue weighted by molar-refractivity contribution is -0.105. The molecule has 0 aromatic heterocycles. The highest BCUT2D eigenvalue weighted by molar-refractivity contribution is 5.77. The summed E-state index contributed by atoms with van der Waals surface area (Å²) in [6, 6.07) is 9.91. The Morgan fingerprint density at radius 3 is 2.69 bits per heavy atom. The molecule has 0 saturated carbocycles. The smallest absolute Gasteiger partial charge is 0.148 e. The van der Waals surface area contributed by atoms with Gasteiger partial charge in [-0.1, -0.05) is 36.4 Å². The molecule has 1 aromatic carbocycles. The number of nitrogens with zero attached hydrogens (tertiary/aromatic N) is 1. The third kappa shape index (κ3) is 1.90. The van der Waals surface area contributed by atoms with Gasteiger partial charge in [-0.25, -0.2) is 5.43 Å². The molecule has 0 radical (unpaired) electrons. The van der Waals surface area contributed by atoms with Crippen LogP contribution in [0.1, 0.15) is 11.6 Å². The third-order valence-electron chi connectivity index (χ3n) is 2.64. The Bertz CT molecular complexity index is 423. The van der Waals surface area contributed by atoms with Crippen LogP contribution in [0, 0.1) is 0 Å². The SMILES string of the molecule is CNN1C=CC=C(C=O)C1c1ccccc1. The van der Waals surface area contributed by atoms with Gasteiger partial charge in [-0.15, -0.1) is 0 Å². The fraction of sp³-hybridized carbons (Fsp3) is 0.154. The summed E-state index contributed by atoms with van der Waals surface area (Å²) in [6.07, 6.45) is 6.54. The quantitative estimate of drug-likeness (QED) is 0.779. The van der Waals surface area contributed by atoms with Crippen LogP contribution in [-0.2, 0) is 4.79 Å². The van der Waals surface area contributed by atoms with Gasteiger partial charge in [0.15, 0.2) is 0 Å². The Balaban J connectivity index is 2.39. The number of aldehydes is 1. The molecule has 1 N–H and O–H groups in total. The van der Waals surface area contributed by atoms with Gasteiger partial charge in [-0.3, -0.25) is 4.79 Å². The molecule has 0 fully saturated rings.